The normalized spacial score (nSPS) is 17.8. The first-order valence-corrected chi connectivity index (χ1v) is 7.26. The van der Waals surface area contributed by atoms with Gasteiger partial charge in [-0.2, -0.15) is 0 Å². The standard InChI is InChI=1S/C15H21N3O3/c1-10-8-11(19)9-12(17-10)13(20)18-15(14(16)21)6-4-2-3-5-7-15/h8-9H,2-7H2,1H3,(H2,16,21)(H,17,19)(H,18,20). The van der Waals surface area contributed by atoms with Crippen LogP contribution in [0.1, 0.15) is 54.7 Å². The Hall–Kier alpha value is -2.11. The molecular formula is C15H21N3O3. The number of aromatic amines is 1. The molecule has 6 nitrogen and oxygen atoms in total. The van der Waals surface area contributed by atoms with Crippen molar-refractivity contribution in [3.8, 4) is 0 Å². The fourth-order valence-electron chi connectivity index (χ4n) is 2.85. The van der Waals surface area contributed by atoms with Crippen molar-refractivity contribution >= 4 is 11.8 Å². The first kappa shape index (κ1) is 15.3. The Kier molecular flexibility index (Phi) is 4.45. The maximum absolute atomic E-state index is 12.4. The third-order valence-electron chi connectivity index (χ3n) is 4.00. The summed E-state index contributed by atoms with van der Waals surface area (Å²) in [6.07, 6.45) is 4.87. The van der Waals surface area contributed by atoms with Gasteiger partial charge in [-0.1, -0.05) is 25.7 Å². The molecule has 0 atom stereocenters. The minimum atomic E-state index is -1.01. The molecule has 1 aromatic rings. The van der Waals surface area contributed by atoms with Gasteiger partial charge in [0, 0.05) is 17.8 Å². The Morgan fingerprint density at radius 1 is 1.19 bits per heavy atom. The number of nitrogens with one attached hydrogen (secondary N) is 2. The van der Waals surface area contributed by atoms with Crippen LogP contribution < -0.4 is 16.5 Å². The van der Waals surface area contributed by atoms with E-state index in [1.54, 1.807) is 6.92 Å². The highest BCUT2D eigenvalue weighted by atomic mass is 16.2. The number of hydrogen-bond acceptors (Lipinski definition) is 3. The van der Waals surface area contributed by atoms with Crippen LogP contribution in [0, 0.1) is 6.92 Å². The number of rotatable bonds is 3. The summed E-state index contributed by atoms with van der Waals surface area (Å²) in [5.41, 5.74) is 5.04. The molecular weight excluding hydrogens is 270 g/mol. The number of pyridine rings is 1. The summed E-state index contributed by atoms with van der Waals surface area (Å²) in [5, 5.41) is 2.76. The molecule has 0 saturated heterocycles. The van der Waals surface area contributed by atoms with E-state index in [2.05, 4.69) is 10.3 Å². The second-order valence-electron chi connectivity index (χ2n) is 5.73. The Morgan fingerprint density at radius 2 is 1.81 bits per heavy atom. The summed E-state index contributed by atoms with van der Waals surface area (Å²) < 4.78 is 0. The van der Waals surface area contributed by atoms with Gasteiger partial charge in [-0.3, -0.25) is 14.4 Å². The van der Waals surface area contributed by atoms with Crippen molar-refractivity contribution in [2.75, 3.05) is 0 Å². The molecule has 114 valence electrons. The van der Waals surface area contributed by atoms with Gasteiger partial charge in [0.05, 0.1) is 0 Å². The van der Waals surface area contributed by atoms with E-state index in [9.17, 15) is 14.4 Å². The molecule has 1 aliphatic carbocycles. The minimum absolute atomic E-state index is 0.157. The van der Waals surface area contributed by atoms with E-state index >= 15 is 0 Å². The van der Waals surface area contributed by atoms with Crippen molar-refractivity contribution in [3.05, 3.63) is 33.7 Å². The third kappa shape index (κ3) is 3.51. The molecule has 1 fully saturated rings. The molecule has 0 aromatic carbocycles. The molecule has 0 spiro atoms. The van der Waals surface area contributed by atoms with Crippen LogP contribution in [0.15, 0.2) is 16.9 Å². The van der Waals surface area contributed by atoms with Gasteiger partial charge >= 0.3 is 0 Å². The molecule has 0 bridgehead atoms. The molecule has 1 saturated carbocycles. The van der Waals surface area contributed by atoms with Gasteiger partial charge in [0.1, 0.15) is 11.2 Å². The monoisotopic (exact) mass is 291 g/mol. The van der Waals surface area contributed by atoms with Crippen LogP contribution in [0.25, 0.3) is 0 Å². The highest BCUT2D eigenvalue weighted by Crippen LogP contribution is 2.27. The lowest BCUT2D eigenvalue weighted by Gasteiger charge is -2.30. The average molecular weight is 291 g/mol. The van der Waals surface area contributed by atoms with E-state index in [4.69, 9.17) is 5.73 Å². The van der Waals surface area contributed by atoms with Gasteiger partial charge in [-0.25, -0.2) is 0 Å². The summed E-state index contributed by atoms with van der Waals surface area (Å²) in [6, 6.07) is 2.64. The molecule has 1 aliphatic rings. The van der Waals surface area contributed by atoms with Crippen LogP contribution in [0.2, 0.25) is 0 Å². The molecule has 2 rings (SSSR count). The molecule has 21 heavy (non-hydrogen) atoms. The zero-order valence-corrected chi connectivity index (χ0v) is 12.2. The van der Waals surface area contributed by atoms with Crippen molar-refractivity contribution in [1.29, 1.82) is 0 Å². The van der Waals surface area contributed by atoms with E-state index in [1.165, 1.54) is 12.1 Å². The Balaban J connectivity index is 2.25. The first-order valence-electron chi connectivity index (χ1n) is 7.26. The summed E-state index contributed by atoms with van der Waals surface area (Å²) in [5.74, 6) is -0.968. The number of amides is 2. The lowest BCUT2D eigenvalue weighted by molar-refractivity contribution is -0.124. The molecule has 1 heterocycles. The highest BCUT2D eigenvalue weighted by Gasteiger charge is 2.38. The van der Waals surface area contributed by atoms with E-state index in [-0.39, 0.29) is 11.1 Å². The molecule has 6 heteroatoms. The number of nitrogens with two attached hydrogens (primary N) is 1. The van der Waals surface area contributed by atoms with Gasteiger partial charge < -0.3 is 16.0 Å². The van der Waals surface area contributed by atoms with Crippen molar-refractivity contribution in [2.45, 2.75) is 51.0 Å². The average Bonchev–Trinajstić information content (AvgIpc) is 2.64. The van der Waals surface area contributed by atoms with E-state index in [0.717, 1.165) is 25.7 Å². The van der Waals surface area contributed by atoms with Crippen molar-refractivity contribution < 1.29 is 9.59 Å². The molecule has 1 aromatic heterocycles. The first-order chi connectivity index (χ1) is 9.93. The Morgan fingerprint density at radius 3 is 2.33 bits per heavy atom. The van der Waals surface area contributed by atoms with Crippen LogP contribution >= 0.6 is 0 Å². The van der Waals surface area contributed by atoms with E-state index in [0.29, 0.717) is 18.5 Å². The second kappa shape index (κ2) is 6.11. The van der Waals surface area contributed by atoms with E-state index < -0.39 is 17.4 Å². The van der Waals surface area contributed by atoms with E-state index in [1.807, 2.05) is 0 Å². The number of aryl methyl sites for hydroxylation is 1. The zero-order valence-electron chi connectivity index (χ0n) is 12.2. The smallest absolute Gasteiger partial charge is 0.268 e. The van der Waals surface area contributed by atoms with Gasteiger partial charge in [0.15, 0.2) is 5.43 Å². The maximum Gasteiger partial charge on any atom is 0.268 e. The predicted molar refractivity (Wildman–Crippen MR) is 78.9 cm³/mol. The summed E-state index contributed by atoms with van der Waals surface area (Å²) in [6.45, 7) is 1.70. The number of carbonyl (C=O) groups excluding carboxylic acids is 2. The Bertz CT molecular complexity index is 598. The largest absolute Gasteiger partial charge is 0.368 e. The summed E-state index contributed by atoms with van der Waals surface area (Å²) in [4.78, 5) is 38.5. The fraction of sp³-hybridized carbons (Fsp3) is 0.533. The van der Waals surface area contributed by atoms with Gasteiger partial charge in [-0.15, -0.1) is 0 Å². The maximum atomic E-state index is 12.4. The molecule has 0 aliphatic heterocycles. The predicted octanol–water partition coefficient (Wildman–Crippen LogP) is 0.991. The highest BCUT2D eigenvalue weighted by molar-refractivity contribution is 5.97. The topological polar surface area (TPSA) is 105 Å². The number of hydrogen-bond donors (Lipinski definition) is 3. The van der Waals surface area contributed by atoms with Gasteiger partial charge in [-0.05, 0) is 19.8 Å². The fourth-order valence-corrected chi connectivity index (χ4v) is 2.85. The zero-order chi connectivity index (χ0) is 15.5. The number of aromatic nitrogens is 1. The third-order valence-corrected chi connectivity index (χ3v) is 4.00. The lowest BCUT2D eigenvalue weighted by Crippen LogP contribution is -2.57. The quantitative estimate of drug-likeness (QED) is 0.723. The van der Waals surface area contributed by atoms with Crippen molar-refractivity contribution in [2.24, 2.45) is 5.73 Å². The van der Waals surface area contributed by atoms with Gasteiger partial charge in [0.2, 0.25) is 5.91 Å². The molecule has 0 unspecified atom stereocenters. The summed E-state index contributed by atoms with van der Waals surface area (Å²) in [7, 11) is 0. The second-order valence-corrected chi connectivity index (χ2v) is 5.73. The number of carbonyl (C=O) groups is 2. The van der Waals surface area contributed by atoms with Crippen LogP contribution in [0.3, 0.4) is 0 Å². The lowest BCUT2D eigenvalue weighted by atomic mass is 9.89. The van der Waals surface area contributed by atoms with Crippen molar-refractivity contribution in [1.82, 2.24) is 10.3 Å². The van der Waals surface area contributed by atoms with Crippen LogP contribution in [0.5, 0.6) is 0 Å². The summed E-state index contributed by atoms with van der Waals surface area (Å²) >= 11 is 0. The minimum Gasteiger partial charge on any atom is -0.368 e. The van der Waals surface area contributed by atoms with Crippen LogP contribution in [0.4, 0.5) is 0 Å². The SMILES string of the molecule is Cc1cc(=O)cc(C(=O)NC2(C(N)=O)CCCCCC2)[nH]1. The van der Waals surface area contributed by atoms with Crippen LogP contribution in [-0.2, 0) is 4.79 Å². The van der Waals surface area contributed by atoms with Gasteiger partial charge in [0.25, 0.3) is 5.91 Å². The van der Waals surface area contributed by atoms with Crippen LogP contribution in [-0.4, -0.2) is 22.3 Å². The Labute approximate surface area is 123 Å². The molecule has 2 amide bonds. The molecule has 4 N–H and O–H groups in total. The molecule has 0 radical (unpaired) electrons. The number of H-pyrrole nitrogens is 1. The van der Waals surface area contributed by atoms with Crippen molar-refractivity contribution in [3.63, 3.8) is 0 Å². The number of primary amides is 1.